The Hall–Kier alpha value is -3.61. The second kappa shape index (κ2) is 9.36. The lowest BCUT2D eigenvalue weighted by Gasteiger charge is -2.11. The monoisotopic (exact) mass is 378 g/mol. The number of aromatic nitrogens is 2. The van der Waals surface area contributed by atoms with E-state index in [4.69, 9.17) is 9.47 Å². The molecule has 0 aliphatic rings. The van der Waals surface area contributed by atoms with E-state index in [0.29, 0.717) is 30.3 Å². The molecule has 0 radical (unpaired) electrons. The summed E-state index contributed by atoms with van der Waals surface area (Å²) < 4.78 is 10.6. The number of rotatable bonds is 8. The van der Waals surface area contributed by atoms with Crippen molar-refractivity contribution in [2.24, 2.45) is 0 Å². The van der Waals surface area contributed by atoms with Gasteiger partial charge in [0.25, 0.3) is 5.91 Å². The van der Waals surface area contributed by atoms with Crippen molar-refractivity contribution in [2.75, 3.05) is 19.5 Å². The molecule has 0 bridgehead atoms. The first-order chi connectivity index (χ1) is 13.7. The Morgan fingerprint density at radius 3 is 2.43 bits per heavy atom. The number of benzene rings is 1. The maximum absolute atomic E-state index is 12.4. The molecule has 2 N–H and O–H groups in total. The SMILES string of the molecule is COc1ccc(CNc2ccnc(C(=O)NCc3ccncc3)c2)cc1OC. The van der Waals surface area contributed by atoms with Crippen molar-refractivity contribution < 1.29 is 14.3 Å². The largest absolute Gasteiger partial charge is 0.493 e. The summed E-state index contributed by atoms with van der Waals surface area (Å²) in [6, 6.07) is 13.0. The summed E-state index contributed by atoms with van der Waals surface area (Å²) >= 11 is 0. The Kier molecular flexibility index (Phi) is 6.41. The molecule has 1 amide bonds. The predicted molar refractivity (Wildman–Crippen MR) is 107 cm³/mol. The highest BCUT2D eigenvalue weighted by Gasteiger charge is 2.09. The lowest BCUT2D eigenvalue weighted by Crippen LogP contribution is -2.23. The van der Waals surface area contributed by atoms with Gasteiger partial charge in [0, 0.05) is 37.4 Å². The molecule has 7 heteroatoms. The van der Waals surface area contributed by atoms with Gasteiger partial charge in [-0.1, -0.05) is 6.07 Å². The minimum absolute atomic E-state index is 0.230. The third-order valence-corrected chi connectivity index (χ3v) is 4.14. The van der Waals surface area contributed by atoms with E-state index in [2.05, 4.69) is 20.6 Å². The smallest absolute Gasteiger partial charge is 0.270 e. The molecule has 7 nitrogen and oxygen atoms in total. The molecule has 3 rings (SSSR count). The summed E-state index contributed by atoms with van der Waals surface area (Å²) in [4.78, 5) is 20.5. The van der Waals surface area contributed by atoms with Gasteiger partial charge in [0.2, 0.25) is 0 Å². The van der Waals surface area contributed by atoms with Crippen LogP contribution < -0.4 is 20.1 Å². The molecule has 0 unspecified atom stereocenters. The maximum atomic E-state index is 12.4. The number of pyridine rings is 2. The molecular weight excluding hydrogens is 356 g/mol. The highest BCUT2D eigenvalue weighted by molar-refractivity contribution is 5.93. The van der Waals surface area contributed by atoms with E-state index in [1.807, 2.05) is 36.4 Å². The molecule has 2 aromatic heterocycles. The molecule has 1 aromatic carbocycles. The predicted octanol–water partition coefficient (Wildman–Crippen LogP) is 3.04. The van der Waals surface area contributed by atoms with E-state index in [-0.39, 0.29) is 5.91 Å². The summed E-state index contributed by atoms with van der Waals surface area (Å²) in [6.07, 6.45) is 5.00. The average Bonchev–Trinajstić information content (AvgIpc) is 2.76. The van der Waals surface area contributed by atoms with Crippen LogP contribution in [-0.2, 0) is 13.1 Å². The van der Waals surface area contributed by atoms with Gasteiger partial charge in [-0.05, 0) is 47.5 Å². The Labute approximate surface area is 163 Å². The van der Waals surface area contributed by atoms with Gasteiger partial charge in [-0.2, -0.15) is 0 Å². The van der Waals surface area contributed by atoms with Crippen LogP contribution in [0.2, 0.25) is 0 Å². The van der Waals surface area contributed by atoms with Crippen LogP contribution in [0.5, 0.6) is 11.5 Å². The van der Waals surface area contributed by atoms with Gasteiger partial charge >= 0.3 is 0 Å². The average molecular weight is 378 g/mol. The molecule has 0 spiro atoms. The number of hydrogen-bond donors (Lipinski definition) is 2. The van der Waals surface area contributed by atoms with Crippen molar-refractivity contribution in [1.29, 1.82) is 0 Å². The van der Waals surface area contributed by atoms with E-state index in [1.54, 1.807) is 38.9 Å². The topological polar surface area (TPSA) is 85.4 Å². The second-order valence-corrected chi connectivity index (χ2v) is 6.01. The molecule has 144 valence electrons. The second-order valence-electron chi connectivity index (χ2n) is 6.01. The highest BCUT2D eigenvalue weighted by Crippen LogP contribution is 2.27. The molecule has 28 heavy (non-hydrogen) atoms. The standard InChI is InChI=1S/C21H22N4O3/c1-27-19-4-3-16(11-20(19)28-2)14-24-17-7-10-23-18(12-17)21(26)25-13-15-5-8-22-9-6-15/h3-12H,13-14H2,1-2H3,(H,23,24)(H,25,26). The van der Waals surface area contributed by atoms with Gasteiger partial charge in [-0.25, -0.2) is 0 Å². The summed E-state index contributed by atoms with van der Waals surface area (Å²) in [5, 5.41) is 6.15. The van der Waals surface area contributed by atoms with Crippen LogP contribution in [-0.4, -0.2) is 30.1 Å². The molecule has 0 aliphatic carbocycles. The third-order valence-electron chi connectivity index (χ3n) is 4.14. The Balaban J connectivity index is 1.61. The van der Waals surface area contributed by atoms with Gasteiger partial charge in [-0.15, -0.1) is 0 Å². The number of ether oxygens (including phenoxy) is 2. The minimum atomic E-state index is -0.230. The molecule has 0 aliphatic heterocycles. The summed E-state index contributed by atoms with van der Waals surface area (Å²) in [5.74, 6) is 1.13. The van der Waals surface area contributed by atoms with Gasteiger partial charge in [0.05, 0.1) is 14.2 Å². The first kappa shape index (κ1) is 19.2. The molecule has 0 saturated heterocycles. The Bertz CT molecular complexity index is 932. The number of anilines is 1. The van der Waals surface area contributed by atoms with Gasteiger partial charge < -0.3 is 20.1 Å². The quantitative estimate of drug-likeness (QED) is 0.627. The van der Waals surface area contributed by atoms with Gasteiger partial charge in [0.1, 0.15) is 5.69 Å². The fourth-order valence-corrected chi connectivity index (χ4v) is 2.63. The molecule has 0 atom stereocenters. The molecule has 3 aromatic rings. The van der Waals surface area contributed by atoms with Crippen LogP contribution in [0.4, 0.5) is 5.69 Å². The van der Waals surface area contributed by atoms with Crippen molar-refractivity contribution >= 4 is 11.6 Å². The molecular formula is C21H22N4O3. The van der Waals surface area contributed by atoms with Crippen LogP contribution in [0.15, 0.2) is 61.1 Å². The van der Waals surface area contributed by atoms with Crippen molar-refractivity contribution in [3.8, 4) is 11.5 Å². The fourth-order valence-electron chi connectivity index (χ4n) is 2.63. The molecule has 0 fully saturated rings. The number of methoxy groups -OCH3 is 2. The normalized spacial score (nSPS) is 10.2. The first-order valence-corrected chi connectivity index (χ1v) is 8.77. The Morgan fingerprint density at radius 2 is 1.68 bits per heavy atom. The Morgan fingerprint density at radius 1 is 0.893 bits per heavy atom. The number of nitrogens with zero attached hydrogens (tertiary/aromatic N) is 2. The number of carbonyl (C=O) groups is 1. The summed E-state index contributed by atoms with van der Waals surface area (Å²) in [7, 11) is 3.21. The van der Waals surface area contributed by atoms with Crippen LogP contribution >= 0.6 is 0 Å². The van der Waals surface area contributed by atoms with Crippen LogP contribution in [0.25, 0.3) is 0 Å². The van der Waals surface area contributed by atoms with Gasteiger partial charge in [-0.3, -0.25) is 14.8 Å². The maximum Gasteiger partial charge on any atom is 0.270 e. The highest BCUT2D eigenvalue weighted by atomic mass is 16.5. The van der Waals surface area contributed by atoms with Crippen molar-refractivity contribution in [1.82, 2.24) is 15.3 Å². The number of hydrogen-bond acceptors (Lipinski definition) is 6. The number of nitrogens with one attached hydrogen (secondary N) is 2. The van der Waals surface area contributed by atoms with E-state index >= 15 is 0 Å². The van der Waals surface area contributed by atoms with E-state index in [0.717, 1.165) is 16.8 Å². The van der Waals surface area contributed by atoms with E-state index in [1.165, 1.54) is 0 Å². The number of carbonyl (C=O) groups excluding carboxylic acids is 1. The number of amides is 1. The third kappa shape index (κ3) is 4.97. The van der Waals surface area contributed by atoms with Crippen molar-refractivity contribution in [2.45, 2.75) is 13.1 Å². The van der Waals surface area contributed by atoms with Crippen molar-refractivity contribution in [3.05, 3.63) is 77.9 Å². The minimum Gasteiger partial charge on any atom is -0.493 e. The summed E-state index contributed by atoms with van der Waals surface area (Å²) in [6.45, 7) is 0.995. The lowest BCUT2D eigenvalue weighted by atomic mass is 10.2. The first-order valence-electron chi connectivity index (χ1n) is 8.77. The van der Waals surface area contributed by atoms with Crippen molar-refractivity contribution in [3.63, 3.8) is 0 Å². The molecule has 2 heterocycles. The van der Waals surface area contributed by atoms with Crippen LogP contribution in [0, 0.1) is 0 Å². The lowest BCUT2D eigenvalue weighted by molar-refractivity contribution is 0.0946. The zero-order chi connectivity index (χ0) is 19.8. The zero-order valence-electron chi connectivity index (χ0n) is 15.8. The van der Waals surface area contributed by atoms with Crippen LogP contribution in [0.1, 0.15) is 21.6 Å². The van der Waals surface area contributed by atoms with Gasteiger partial charge in [0.15, 0.2) is 11.5 Å². The van der Waals surface area contributed by atoms with Crippen LogP contribution in [0.3, 0.4) is 0 Å². The summed E-state index contributed by atoms with van der Waals surface area (Å²) in [5.41, 5.74) is 3.16. The molecule has 0 saturated carbocycles. The fraction of sp³-hybridized carbons (Fsp3) is 0.190. The van der Waals surface area contributed by atoms with E-state index in [9.17, 15) is 4.79 Å². The van der Waals surface area contributed by atoms with E-state index < -0.39 is 0 Å². The zero-order valence-corrected chi connectivity index (χ0v) is 15.8.